The van der Waals surface area contributed by atoms with Gasteiger partial charge in [0.1, 0.15) is 11.6 Å². The SMILES string of the molecule is CC(NC(=O)C=Cc1c(F)cccc1Cl)c1ccc2c(c1)CCO2. The van der Waals surface area contributed by atoms with E-state index in [9.17, 15) is 9.18 Å². The first-order chi connectivity index (χ1) is 11.5. The molecule has 2 aromatic carbocycles. The Balaban J connectivity index is 1.67. The molecule has 0 bridgehead atoms. The second kappa shape index (κ2) is 7.05. The Morgan fingerprint density at radius 2 is 2.21 bits per heavy atom. The number of halogens is 2. The maximum Gasteiger partial charge on any atom is 0.244 e. The Morgan fingerprint density at radius 1 is 1.38 bits per heavy atom. The summed E-state index contributed by atoms with van der Waals surface area (Å²) in [5.41, 5.74) is 2.36. The second-order valence-electron chi connectivity index (χ2n) is 5.66. The molecule has 1 N–H and O–H groups in total. The number of hydrogen-bond acceptors (Lipinski definition) is 2. The van der Waals surface area contributed by atoms with Gasteiger partial charge in [-0.25, -0.2) is 4.39 Å². The zero-order chi connectivity index (χ0) is 17.1. The van der Waals surface area contributed by atoms with Crippen LogP contribution in [-0.4, -0.2) is 12.5 Å². The molecule has 1 atom stereocenters. The Hall–Kier alpha value is -2.33. The number of ether oxygens (including phenoxy) is 1. The fourth-order valence-corrected chi connectivity index (χ4v) is 2.88. The number of fused-ring (bicyclic) bond motifs is 1. The van der Waals surface area contributed by atoms with Crippen LogP contribution in [0.3, 0.4) is 0 Å². The number of amides is 1. The largest absolute Gasteiger partial charge is 0.493 e. The van der Waals surface area contributed by atoms with Crippen LogP contribution in [0, 0.1) is 5.82 Å². The van der Waals surface area contributed by atoms with Crippen molar-refractivity contribution in [1.29, 1.82) is 0 Å². The molecule has 0 aliphatic carbocycles. The third-order valence-electron chi connectivity index (χ3n) is 3.97. The summed E-state index contributed by atoms with van der Waals surface area (Å²) in [5.74, 6) is 0.142. The van der Waals surface area contributed by atoms with E-state index in [-0.39, 0.29) is 22.5 Å². The number of carbonyl (C=O) groups excluding carboxylic acids is 1. The van der Waals surface area contributed by atoms with Crippen molar-refractivity contribution < 1.29 is 13.9 Å². The van der Waals surface area contributed by atoms with Crippen LogP contribution in [0.25, 0.3) is 6.08 Å². The second-order valence-corrected chi connectivity index (χ2v) is 6.07. The van der Waals surface area contributed by atoms with Crippen LogP contribution in [0.5, 0.6) is 5.75 Å². The normalized spacial score (nSPS) is 14.3. The van der Waals surface area contributed by atoms with Gasteiger partial charge in [0.15, 0.2) is 0 Å². The van der Waals surface area contributed by atoms with Crippen molar-refractivity contribution >= 4 is 23.6 Å². The maximum atomic E-state index is 13.7. The van der Waals surface area contributed by atoms with Gasteiger partial charge in [0, 0.05) is 18.1 Å². The smallest absolute Gasteiger partial charge is 0.244 e. The topological polar surface area (TPSA) is 38.3 Å². The molecule has 0 saturated heterocycles. The highest BCUT2D eigenvalue weighted by molar-refractivity contribution is 6.32. The van der Waals surface area contributed by atoms with Gasteiger partial charge >= 0.3 is 0 Å². The fourth-order valence-electron chi connectivity index (χ4n) is 2.65. The van der Waals surface area contributed by atoms with E-state index in [1.807, 2.05) is 25.1 Å². The number of nitrogens with one attached hydrogen (secondary N) is 1. The Kier molecular flexibility index (Phi) is 4.86. The first-order valence-corrected chi connectivity index (χ1v) is 8.10. The quantitative estimate of drug-likeness (QED) is 0.839. The lowest BCUT2D eigenvalue weighted by atomic mass is 10.0. The van der Waals surface area contributed by atoms with Crippen LogP contribution in [0.15, 0.2) is 42.5 Å². The molecule has 0 fully saturated rings. The third kappa shape index (κ3) is 3.60. The Labute approximate surface area is 145 Å². The minimum absolute atomic E-state index is 0.163. The van der Waals surface area contributed by atoms with Gasteiger partial charge in [-0.3, -0.25) is 4.79 Å². The lowest BCUT2D eigenvalue weighted by Gasteiger charge is -2.14. The van der Waals surface area contributed by atoms with Crippen molar-refractivity contribution in [3.8, 4) is 5.75 Å². The summed E-state index contributed by atoms with van der Waals surface area (Å²) < 4.78 is 19.2. The fraction of sp³-hybridized carbons (Fsp3) is 0.211. The highest BCUT2D eigenvalue weighted by Crippen LogP contribution is 2.28. The molecule has 24 heavy (non-hydrogen) atoms. The van der Waals surface area contributed by atoms with E-state index in [2.05, 4.69) is 5.32 Å². The van der Waals surface area contributed by atoms with E-state index < -0.39 is 5.82 Å². The Bertz CT molecular complexity index is 784. The van der Waals surface area contributed by atoms with Crippen molar-refractivity contribution in [3.63, 3.8) is 0 Å². The molecule has 5 heteroatoms. The van der Waals surface area contributed by atoms with Crippen LogP contribution < -0.4 is 10.1 Å². The molecule has 0 saturated carbocycles. The predicted molar refractivity (Wildman–Crippen MR) is 92.6 cm³/mol. The zero-order valence-electron chi connectivity index (χ0n) is 13.2. The zero-order valence-corrected chi connectivity index (χ0v) is 13.9. The molecular weight excluding hydrogens is 329 g/mol. The van der Waals surface area contributed by atoms with Crippen molar-refractivity contribution in [2.24, 2.45) is 0 Å². The lowest BCUT2D eigenvalue weighted by Crippen LogP contribution is -2.24. The van der Waals surface area contributed by atoms with Crippen LogP contribution in [-0.2, 0) is 11.2 Å². The minimum Gasteiger partial charge on any atom is -0.493 e. The van der Waals surface area contributed by atoms with E-state index in [0.29, 0.717) is 6.61 Å². The lowest BCUT2D eigenvalue weighted by molar-refractivity contribution is -0.117. The highest BCUT2D eigenvalue weighted by atomic mass is 35.5. The van der Waals surface area contributed by atoms with Crippen LogP contribution in [0.2, 0.25) is 5.02 Å². The monoisotopic (exact) mass is 345 g/mol. The van der Waals surface area contributed by atoms with Gasteiger partial charge in [0.05, 0.1) is 17.7 Å². The molecule has 124 valence electrons. The molecule has 0 radical (unpaired) electrons. The third-order valence-corrected chi connectivity index (χ3v) is 4.30. The Morgan fingerprint density at radius 3 is 3.00 bits per heavy atom. The summed E-state index contributed by atoms with van der Waals surface area (Å²) in [4.78, 5) is 12.1. The minimum atomic E-state index is -0.460. The van der Waals surface area contributed by atoms with Gasteiger partial charge in [0.25, 0.3) is 0 Å². The molecule has 1 aliphatic rings. The summed E-state index contributed by atoms with van der Waals surface area (Å²) in [5, 5.41) is 3.13. The summed E-state index contributed by atoms with van der Waals surface area (Å²) in [6.45, 7) is 2.60. The van der Waals surface area contributed by atoms with E-state index in [1.54, 1.807) is 6.07 Å². The first-order valence-electron chi connectivity index (χ1n) is 7.73. The molecule has 3 nitrogen and oxygen atoms in total. The molecule has 1 unspecified atom stereocenters. The summed E-state index contributed by atoms with van der Waals surface area (Å²) >= 11 is 5.93. The van der Waals surface area contributed by atoms with Crippen molar-refractivity contribution in [1.82, 2.24) is 5.32 Å². The highest BCUT2D eigenvalue weighted by Gasteiger charge is 2.15. The van der Waals surface area contributed by atoms with Crippen LogP contribution >= 0.6 is 11.6 Å². The molecule has 1 amide bonds. The van der Waals surface area contributed by atoms with Gasteiger partial charge in [-0.1, -0.05) is 23.7 Å². The van der Waals surface area contributed by atoms with Gasteiger partial charge in [-0.05, 0) is 48.4 Å². The van der Waals surface area contributed by atoms with Crippen molar-refractivity contribution in [2.75, 3.05) is 6.61 Å². The van der Waals surface area contributed by atoms with Gasteiger partial charge in [0.2, 0.25) is 5.91 Å². The average molecular weight is 346 g/mol. The summed E-state index contributed by atoms with van der Waals surface area (Å²) in [7, 11) is 0. The number of benzene rings is 2. The molecule has 0 aromatic heterocycles. The maximum absolute atomic E-state index is 13.7. The number of carbonyl (C=O) groups is 1. The molecule has 0 spiro atoms. The van der Waals surface area contributed by atoms with E-state index >= 15 is 0 Å². The number of rotatable bonds is 4. The standard InChI is InChI=1S/C19H17ClFNO2/c1-12(13-5-7-18-14(11-13)9-10-24-18)22-19(23)8-6-15-16(20)3-2-4-17(15)21/h2-8,11-12H,9-10H2,1H3,(H,22,23). The van der Waals surface area contributed by atoms with Gasteiger partial charge < -0.3 is 10.1 Å². The van der Waals surface area contributed by atoms with Gasteiger partial charge in [-0.2, -0.15) is 0 Å². The number of hydrogen-bond donors (Lipinski definition) is 1. The van der Waals surface area contributed by atoms with Crippen LogP contribution in [0.4, 0.5) is 4.39 Å². The van der Waals surface area contributed by atoms with E-state index in [4.69, 9.17) is 16.3 Å². The average Bonchev–Trinajstić information content (AvgIpc) is 3.01. The summed E-state index contributed by atoms with van der Waals surface area (Å²) in [6.07, 6.45) is 3.56. The van der Waals surface area contributed by atoms with E-state index in [1.165, 1.54) is 24.3 Å². The van der Waals surface area contributed by atoms with Crippen molar-refractivity contribution in [3.05, 3.63) is 70.0 Å². The molecule has 1 heterocycles. The molecule has 3 rings (SSSR count). The summed E-state index contributed by atoms with van der Waals surface area (Å²) in [6, 6.07) is 10.2. The molecule has 1 aliphatic heterocycles. The molecular formula is C19H17ClFNO2. The van der Waals surface area contributed by atoms with E-state index in [0.717, 1.165) is 23.3 Å². The van der Waals surface area contributed by atoms with Crippen molar-refractivity contribution in [2.45, 2.75) is 19.4 Å². The first kappa shape index (κ1) is 16.5. The van der Waals surface area contributed by atoms with Gasteiger partial charge in [-0.15, -0.1) is 0 Å². The predicted octanol–water partition coefficient (Wildman–Crippen LogP) is 4.30. The van der Waals surface area contributed by atoms with Crippen LogP contribution in [0.1, 0.15) is 29.7 Å². The molecule has 2 aromatic rings.